The Kier molecular flexibility index (Phi) is 3.67. The van der Waals surface area contributed by atoms with Gasteiger partial charge in [-0.2, -0.15) is 12.6 Å². The van der Waals surface area contributed by atoms with E-state index in [9.17, 15) is 0 Å². The first kappa shape index (κ1) is 9.66. The molecule has 1 aromatic rings. The standard InChI is InChI=1S/C11H16S/c1-3-4-10-5-7-11(8-6-10)9(2)12/h5-9,12H,3-4H2,1-2H3. The van der Waals surface area contributed by atoms with Gasteiger partial charge in [0.2, 0.25) is 0 Å². The molecule has 0 bridgehead atoms. The molecule has 0 aromatic heterocycles. The van der Waals surface area contributed by atoms with Crippen LogP contribution in [0.25, 0.3) is 0 Å². The summed E-state index contributed by atoms with van der Waals surface area (Å²) in [6.45, 7) is 4.30. The van der Waals surface area contributed by atoms with Gasteiger partial charge in [-0.3, -0.25) is 0 Å². The Morgan fingerprint density at radius 3 is 2.25 bits per heavy atom. The van der Waals surface area contributed by atoms with E-state index < -0.39 is 0 Å². The lowest BCUT2D eigenvalue weighted by molar-refractivity contribution is 0.919. The van der Waals surface area contributed by atoms with Crippen molar-refractivity contribution in [3.63, 3.8) is 0 Å². The minimum absolute atomic E-state index is 0.348. The van der Waals surface area contributed by atoms with Gasteiger partial charge >= 0.3 is 0 Å². The molecule has 0 saturated heterocycles. The van der Waals surface area contributed by atoms with E-state index in [-0.39, 0.29) is 0 Å². The van der Waals surface area contributed by atoms with Crippen molar-refractivity contribution in [1.82, 2.24) is 0 Å². The summed E-state index contributed by atoms with van der Waals surface area (Å²) in [5.41, 5.74) is 2.73. The molecular formula is C11H16S. The molecule has 0 aliphatic carbocycles. The van der Waals surface area contributed by atoms with Crippen LogP contribution in [-0.2, 0) is 6.42 Å². The molecule has 0 N–H and O–H groups in total. The van der Waals surface area contributed by atoms with Gasteiger partial charge in [-0.25, -0.2) is 0 Å². The van der Waals surface area contributed by atoms with E-state index in [0.717, 1.165) is 0 Å². The molecule has 1 unspecified atom stereocenters. The first-order chi connectivity index (χ1) is 5.74. The molecule has 0 fully saturated rings. The SMILES string of the molecule is CCCc1ccc(C(C)S)cc1. The first-order valence-corrected chi connectivity index (χ1v) is 5.02. The third kappa shape index (κ3) is 2.56. The van der Waals surface area contributed by atoms with Crippen molar-refractivity contribution in [2.45, 2.75) is 31.9 Å². The monoisotopic (exact) mass is 180 g/mol. The molecule has 0 radical (unpaired) electrons. The van der Waals surface area contributed by atoms with E-state index in [2.05, 4.69) is 50.7 Å². The fourth-order valence-corrected chi connectivity index (χ4v) is 1.42. The summed E-state index contributed by atoms with van der Waals surface area (Å²) in [6, 6.07) is 8.74. The molecule has 1 aromatic carbocycles. The van der Waals surface area contributed by atoms with Crippen LogP contribution in [0.2, 0.25) is 0 Å². The van der Waals surface area contributed by atoms with Gasteiger partial charge in [0.05, 0.1) is 0 Å². The fraction of sp³-hybridized carbons (Fsp3) is 0.455. The smallest absolute Gasteiger partial charge is 0.0238 e. The minimum Gasteiger partial charge on any atom is -0.171 e. The molecule has 0 heterocycles. The highest BCUT2D eigenvalue weighted by molar-refractivity contribution is 7.80. The van der Waals surface area contributed by atoms with E-state index in [0.29, 0.717) is 5.25 Å². The maximum absolute atomic E-state index is 4.37. The Hall–Kier alpha value is -0.430. The number of aryl methyl sites for hydroxylation is 1. The predicted octanol–water partition coefficient (Wildman–Crippen LogP) is 3.63. The zero-order chi connectivity index (χ0) is 8.97. The van der Waals surface area contributed by atoms with Crippen molar-refractivity contribution in [3.8, 4) is 0 Å². The van der Waals surface area contributed by atoms with Crippen LogP contribution in [0.5, 0.6) is 0 Å². The van der Waals surface area contributed by atoms with E-state index in [1.807, 2.05) is 0 Å². The normalized spacial score (nSPS) is 12.9. The lowest BCUT2D eigenvalue weighted by atomic mass is 10.1. The second kappa shape index (κ2) is 4.56. The van der Waals surface area contributed by atoms with E-state index in [4.69, 9.17) is 0 Å². The Labute approximate surface area is 80.4 Å². The third-order valence-corrected chi connectivity index (χ3v) is 2.30. The molecule has 0 aliphatic heterocycles. The van der Waals surface area contributed by atoms with Gasteiger partial charge in [0.25, 0.3) is 0 Å². The highest BCUT2D eigenvalue weighted by Gasteiger charge is 1.98. The molecule has 1 rings (SSSR count). The van der Waals surface area contributed by atoms with Gasteiger partial charge < -0.3 is 0 Å². The maximum Gasteiger partial charge on any atom is 0.0238 e. The van der Waals surface area contributed by atoms with Gasteiger partial charge in [0.1, 0.15) is 0 Å². The highest BCUT2D eigenvalue weighted by atomic mass is 32.1. The Balaban J connectivity index is 2.71. The lowest BCUT2D eigenvalue weighted by Gasteiger charge is -2.05. The van der Waals surface area contributed by atoms with E-state index in [1.165, 1.54) is 24.0 Å². The van der Waals surface area contributed by atoms with Gasteiger partial charge in [-0.05, 0) is 24.5 Å². The number of thiol groups is 1. The van der Waals surface area contributed by atoms with Crippen molar-refractivity contribution in [2.24, 2.45) is 0 Å². The van der Waals surface area contributed by atoms with Crippen molar-refractivity contribution in [3.05, 3.63) is 35.4 Å². The van der Waals surface area contributed by atoms with Crippen molar-refractivity contribution < 1.29 is 0 Å². The van der Waals surface area contributed by atoms with E-state index >= 15 is 0 Å². The second-order valence-electron chi connectivity index (χ2n) is 3.17. The second-order valence-corrected chi connectivity index (χ2v) is 3.94. The van der Waals surface area contributed by atoms with Crippen LogP contribution in [0.1, 0.15) is 36.6 Å². The van der Waals surface area contributed by atoms with Crippen LogP contribution in [0, 0.1) is 0 Å². The Bertz CT molecular complexity index is 223. The minimum atomic E-state index is 0.348. The molecule has 0 aliphatic rings. The van der Waals surface area contributed by atoms with Crippen molar-refractivity contribution in [1.29, 1.82) is 0 Å². The number of rotatable bonds is 3. The molecule has 0 saturated carbocycles. The molecular weight excluding hydrogens is 164 g/mol. The summed E-state index contributed by atoms with van der Waals surface area (Å²) in [7, 11) is 0. The molecule has 0 spiro atoms. The van der Waals surface area contributed by atoms with Crippen molar-refractivity contribution >= 4 is 12.6 Å². The van der Waals surface area contributed by atoms with Crippen LogP contribution >= 0.6 is 12.6 Å². The summed E-state index contributed by atoms with van der Waals surface area (Å²) >= 11 is 4.37. The van der Waals surface area contributed by atoms with Crippen LogP contribution in [0.3, 0.4) is 0 Å². The van der Waals surface area contributed by atoms with Gasteiger partial charge in [-0.15, -0.1) is 0 Å². The fourth-order valence-electron chi connectivity index (χ4n) is 1.25. The van der Waals surface area contributed by atoms with Gasteiger partial charge in [-0.1, -0.05) is 37.6 Å². The predicted molar refractivity (Wildman–Crippen MR) is 57.8 cm³/mol. The molecule has 1 atom stereocenters. The maximum atomic E-state index is 4.37. The molecule has 1 heteroatoms. The summed E-state index contributed by atoms with van der Waals surface area (Å²) in [6.07, 6.45) is 2.40. The quantitative estimate of drug-likeness (QED) is 0.675. The number of benzene rings is 1. The average Bonchev–Trinajstić information content (AvgIpc) is 2.06. The van der Waals surface area contributed by atoms with Crippen LogP contribution in [0.15, 0.2) is 24.3 Å². The summed E-state index contributed by atoms with van der Waals surface area (Å²) in [4.78, 5) is 0. The van der Waals surface area contributed by atoms with Gasteiger partial charge in [0, 0.05) is 5.25 Å². The summed E-state index contributed by atoms with van der Waals surface area (Å²) in [5, 5.41) is 0.348. The third-order valence-electron chi connectivity index (χ3n) is 2.00. The molecule has 0 amide bonds. The van der Waals surface area contributed by atoms with Crippen LogP contribution < -0.4 is 0 Å². The largest absolute Gasteiger partial charge is 0.171 e. The topological polar surface area (TPSA) is 0 Å². The van der Waals surface area contributed by atoms with Crippen LogP contribution in [-0.4, -0.2) is 0 Å². The summed E-state index contributed by atoms with van der Waals surface area (Å²) in [5.74, 6) is 0. The lowest BCUT2D eigenvalue weighted by Crippen LogP contribution is -1.86. The summed E-state index contributed by atoms with van der Waals surface area (Å²) < 4.78 is 0. The molecule has 0 nitrogen and oxygen atoms in total. The molecule has 66 valence electrons. The van der Waals surface area contributed by atoms with E-state index in [1.54, 1.807) is 0 Å². The zero-order valence-electron chi connectivity index (χ0n) is 7.75. The first-order valence-electron chi connectivity index (χ1n) is 4.51. The average molecular weight is 180 g/mol. The van der Waals surface area contributed by atoms with Crippen molar-refractivity contribution in [2.75, 3.05) is 0 Å². The zero-order valence-corrected chi connectivity index (χ0v) is 8.64. The van der Waals surface area contributed by atoms with Crippen LogP contribution in [0.4, 0.5) is 0 Å². The number of hydrogen-bond acceptors (Lipinski definition) is 1. The Morgan fingerprint density at radius 1 is 1.25 bits per heavy atom. The Morgan fingerprint density at radius 2 is 1.83 bits per heavy atom. The molecule has 12 heavy (non-hydrogen) atoms. The highest BCUT2D eigenvalue weighted by Crippen LogP contribution is 2.19. The van der Waals surface area contributed by atoms with Gasteiger partial charge in [0.15, 0.2) is 0 Å². The number of hydrogen-bond donors (Lipinski definition) is 1.